The van der Waals surface area contributed by atoms with E-state index in [9.17, 15) is 20.4 Å². The molecule has 0 aliphatic heterocycles. The third-order valence-corrected chi connectivity index (χ3v) is 9.75. The van der Waals surface area contributed by atoms with Gasteiger partial charge in [-0.05, 0) is 55.3 Å². The first-order valence-electron chi connectivity index (χ1n) is 9.70. The second kappa shape index (κ2) is 5.78. The molecule has 0 saturated heterocycles. The van der Waals surface area contributed by atoms with Gasteiger partial charge in [0.15, 0.2) is 0 Å². The molecule has 0 aromatic rings. The van der Waals surface area contributed by atoms with Crippen molar-refractivity contribution in [2.24, 2.45) is 28.6 Å². The maximum Gasteiger partial charge on any atom is 0.0737 e. The smallest absolute Gasteiger partial charge is 0.0737 e. The van der Waals surface area contributed by atoms with Crippen LogP contribution in [0.5, 0.6) is 0 Å². The van der Waals surface area contributed by atoms with Gasteiger partial charge in [-0.1, -0.05) is 41.4 Å². The number of hydrogen-bond acceptors (Lipinski definition) is 4. The number of allylic oxidation sites excluding steroid dienone is 1. The third kappa shape index (κ3) is 2.39. The molecule has 4 nitrogen and oxygen atoms in total. The van der Waals surface area contributed by atoms with E-state index in [0.717, 1.165) is 25.7 Å². The second-order valence-electron chi connectivity index (χ2n) is 9.66. The fourth-order valence-corrected chi connectivity index (χ4v) is 7.06. The topological polar surface area (TPSA) is 80.9 Å². The van der Waals surface area contributed by atoms with Gasteiger partial charge in [-0.2, -0.15) is 0 Å². The number of aliphatic hydroxyl groups excluding tert-OH is 3. The van der Waals surface area contributed by atoms with Crippen LogP contribution in [0.15, 0.2) is 11.6 Å². The van der Waals surface area contributed by atoms with E-state index in [1.54, 1.807) is 0 Å². The van der Waals surface area contributed by atoms with Crippen LogP contribution in [-0.2, 0) is 0 Å². The molecule has 5 heteroatoms. The Kier molecular flexibility index (Phi) is 4.26. The molecule has 0 radical (unpaired) electrons. The summed E-state index contributed by atoms with van der Waals surface area (Å²) in [4.78, 5) is 0.00710. The maximum absolute atomic E-state index is 11.3. The van der Waals surface area contributed by atoms with Gasteiger partial charge in [-0.3, -0.25) is 0 Å². The monoisotopic (exact) mass is 414 g/mol. The van der Waals surface area contributed by atoms with Crippen LogP contribution in [0, 0.1) is 28.6 Å². The zero-order valence-corrected chi connectivity index (χ0v) is 16.7. The van der Waals surface area contributed by atoms with Gasteiger partial charge >= 0.3 is 0 Å². The van der Waals surface area contributed by atoms with E-state index in [1.807, 2.05) is 0 Å². The molecule has 0 bridgehead atoms. The minimum Gasteiger partial charge on any atom is -0.395 e. The highest BCUT2D eigenvalue weighted by Gasteiger charge is 2.66. The maximum atomic E-state index is 11.3. The van der Waals surface area contributed by atoms with Crippen molar-refractivity contribution in [2.45, 2.75) is 75.0 Å². The summed E-state index contributed by atoms with van der Waals surface area (Å²) in [5.74, 6) is 0.0609. The third-order valence-electron chi connectivity index (χ3n) is 8.36. The number of halogens is 1. The molecule has 0 spiro atoms. The van der Waals surface area contributed by atoms with Gasteiger partial charge in [0.2, 0.25) is 0 Å². The Balaban J connectivity index is 1.72. The average Bonchev–Trinajstić information content (AvgIpc) is 2.54. The first-order valence-corrected chi connectivity index (χ1v) is 10.6. The van der Waals surface area contributed by atoms with Crippen molar-refractivity contribution in [1.82, 2.24) is 0 Å². The molecule has 0 aromatic carbocycles. The summed E-state index contributed by atoms with van der Waals surface area (Å²) in [6, 6.07) is 0. The molecular weight excluding hydrogens is 384 g/mol. The summed E-state index contributed by atoms with van der Waals surface area (Å²) in [5.41, 5.74) is 0.0978. The highest BCUT2D eigenvalue weighted by Crippen LogP contribution is 2.66. The minimum absolute atomic E-state index is 0.00710. The molecule has 3 saturated carbocycles. The lowest BCUT2D eigenvalue weighted by Gasteiger charge is -2.66. The molecule has 4 rings (SSSR count). The zero-order valence-electron chi connectivity index (χ0n) is 15.2. The van der Waals surface area contributed by atoms with Gasteiger partial charge in [0.1, 0.15) is 0 Å². The summed E-state index contributed by atoms with van der Waals surface area (Å²) in [6.07, 6.45) is 5.96. The summed E-state index contributed by atoms with van der Waals surface area (Å²) in [5, 5.41) is 42.5. The fraction of sp³-hybridized carbons (Fsp3) is 0.900. The molecule has 0 aromatic heterocycles. The summed E-state index contributed by atoms with van der Waals surface area (Å²) in [7, 11) is 0. The second-order valence-corrected chi connectivity index (χ2v) is 10.8. The van der Waals surface area contributed by atoms with E-state index in [0.29, 0.717) is 12.8 Å². The lowest BCUT2D eigenvalue weighted by molar-refractivity contribution is -0.248. The van der Waals surface area contributed by atoms with Crippen LogP contribution in [0.1, 0.15) is 52.4 Å². The van der Waals surface area contributed by atoms with Crippen molar-refractivity contribution in [3.63, 3.8) is 0 Å². The summed E-state index contributed by atoms with van der Waals surface area (Å²) < 4.78 is 0. The van der Waals surface area contributed by atoms with E-state index < -0.39 is 17.8 Å². The Morgan fingerprint density at radius 1 is 1.24 bits per heavy atom. The van der Waals surface area contributed by atoms with Crippen molar-refractivity contribution in [3.05, 3.63) is 11.6 Å². The van der Waals surface area contributed by atoms with Crippen molar-refractivity contribution in [3.8, 4) is 0 Å². The Morgan fingerprint density at radius 2 is 1.96 bits per heavy atom. The van der Waals surface area contributed by atoms with Crippen LogP contribution in [0.2, 0.25) is 0 Å². The summed E-state index contributed by atoms with van der Waals surface area (Å²) in [6.45, 7) is 4.45. The van der Waals surface area contributed by atoms with Crippen LogP contribution in [0.25, 0.3) is 0 Å². The molecule has 0 heterocycles. The van der Waals surface area contributed by atoms with Crippen molar-refractivity contribution in [2.75, 3.05) is 6.61 Å². The largest absolute Gasteiger partial charge is 0.395 e. The van der Waals surface area contributed by atoms with Crippen LogP contribution >= 0.6 is 15.9 Å². The zero-order chi connectivity index (χ0) is 18.2. The van der Waals surface area contributed by atoms with Gasteiger partial charge in [-0.15, -0.1) is 0 Å². The van der Waals surface area contributed by atoms with E-state index >= 15 is 0 Å². The lowest BCUT2D eigenvalue weighted by atomic mass is 9.41. The molecule has 4 N–H and O–H groups in total. The Bertz CT molecular complexity index is 594. The number of aliphatic hydroxyl groups is 4. The van der Waals surface area contributed by atoms with Gasteiger partial charge < -0.3 is 20.4 Å². The Labute approximate surface area is 158 Å². The quantitative estimate of drug-likeness (QED) is 0.413. The molecule has 0 amide bonds. The minimum atomic E-state index is -0.816. The molecule has 3 fully saturated rings. The number of fused-ring (bicyclic) bond motifs is 5. The Hall–Kier alpha value is 0.0600. The van der Waals surface area contributed by atoms with E-state index in [-0.39, 0.29) is 40.0 Å². The van der Waals surface area contributed by atoms with Crippen LogP contribution in [-0.4, -0.2) is 49.7 Å². The van der Waals surface area contributed by atoms with Crippen molar-refractivity contribution < 1.29 is 20.4 Å². The molecular formula is C20H31BrO4. The Morgan fingerprint density at radius 3 is 2.56 bits per heavy atom. The average molecular weight is 415 g/mol. The van der Waals surface area contributed by atoms with Crippen molar-refractivity contribution >= 4 is 15.9 Å². The number of hydrogen-bond donors (Lipinski definition) is 4. The SMILES string of the molecule is C[C@]1([C@@H](Br)CO)CC=C2[C@@H](C1)[C@H](O)C[C@@H]1[C@@]3(O)CC[C@H]3[C@H](O)C[C@@]21C. The van der Waals surface area contributed by atoms with E-state index in [2.05, 4.69) is 35.9 Å². The highest BCUT2D eigenvalue weighted by atomic mass is 79.9. The van der Waals surface area contributed by atoms with Gasteiger partial charge in [-0.25, -0.2) is 0 Å². The predicted molar refractivity (Wildman–Crippen MR) is 99.2 cm³/mol. The van der Waals surface area contributed by atoms with E-state index in [4.69, 9.17) is 0 Å². The standard InChI is InChI=1S/C20H31BrO4/c1-18(17(21)10-22)5-3-12-11(8-18)14(23)7-16-19(12,2)9-15(24)13-4-6-20(13,16)25/h3,11,13-17,22-25H,4-10H2,1-2H3/t11-,13+,14-,15-,16+,17+,18+,19+,20-/m1/s1. The van der Waals surface area contributed by atoms with Gasteiger partial charge in [0, 0.05) is 16.7 Å². The van der Waals surface area contributed by atoms with Gasteiger partial charge in [0.25, 0.3) is 0 Å². The molecule has 25 heavy (non-hydrogen) atoms. The molecule has 142 valence electrons. The first-order chi connectivity index (χ1) is 11.7. The predicted octanol–water partition coefficient (Wildman–Crippen LogP) is 2.38. The van der Waals surface area contributed by atoms with Crippen LogP contribution in [0.4, 0.5) is 0 Å². The molecule has 4 aliphatic carbocycles. The number of rotatable bonds is 2. The first kappa shape index (κ1) is 18.4. The lowest BCUT2D eigenvalue weighted by Crippen LogP contribution is -2.68. The number of alkyl halides is 1. The molecule has 9 atom stereocenters. The normalized spacial score (nSPS) is 56.0. The summed E-state index contributed by atoms with van der Waals surface area (Å²) >= 11 is 3.62. The van der Waals surface area contributed by atoms with Gasteiger partial charge in [0.05, 0.1) is 24.4 Å². The van der Waals surface area contributed by atoms with Crippen LogP contribution in [0.3, 0.4) is 0 Å². The van der Waals surface area contributed by atoms with Crippen LogP contribution < -0.4 is 0 Å². The highest BCUT2D eigenvalue weighted by molar-refractivity contribution is 9.09. The van der Waals surface area contributed by atoms with Crippen molar-refractivity contribution in [1.29, 1.82) is 0 Å². The molecule has 4 aliphatic rings. The fourth-order valence-electron chi connectivity index (χ4n) is 6.69. The van der Waals surface area contributed by atoms with E-state index in [1.165, 1.54) is 5.57 Å². The molecule has 0 unspecified atom stereocenters.